The van der Waals surface area contributed by atoms with Crippen molar-refractivity contribution in [1.82, 2.24) is 19.8 Å². The SMILES string of the molecule is Cc1onc(-c2ccccc2Cl)c1C(=O)N1Cc2ccccc2C(c2cnn(C)c2)C1. The molecule has 1 unspecified atom stereocenters. The number of rotatable bonds is 3. The van der Waals surface area contributed by atoms with Crippen molar-refractivity contribution >= 4 is 17.5 Å². The number of carbonyl (C=O) groups excluding carboxylic acids is 1. The molecule has 2 aromatic heterocycles. The summed E-state index contributed by atoms with van der Waals surface area (Å²) in [5.74, 6) is 0.417. The van der Waals surface area contributed by atoms with Gasteiger partial charge in [0, 0.05) is 37.8 Å². The number of halogens is 1. The van der Waals surface area contributed by atoms with Gasteiger partial charge in [0.1, 0.15) is 17.0 Å². The first-order valence-corrected chi connectivity index (χ1v) is 10.5. The summed E-state index contributed by atoms with van der Waals surface area (Å²) in [6, 6.07) is 15.6. The molecule has 1 aliphatic heterocycles. The van der Waals surface area contributed by atoms with Crippen LogP contribution in [0.5, 0.6) is 0 Å². The van der Waals surface area contributed by atoms with E-state index in [1.807, 2.05) is 54.7 Å². The van der Waals surface area contributed by atoms with E-state index in [4.69, 9.17) is 16.1 Å². The van der Waals surface area contributed by atoms with Crippen molar-refractivity contribution in [3.8, 4) is 11.3 Å². The molecule has 3 heterocycles. The Balaban J connectivity index is 1.55. The summed E-state index contributed by atoms with van der Waals surface area (Å²) in [6.07, 6.45) is 3.88. The number of carbonyl (C=O) groups is 1. The molecule has 0 radical (unpaired) electrons. The van der Waals surface area contributed by atoms with E-state index >= 15 is 0 Å². The van der Waals surface area contributed by atoms with Gasteiger partial charge in [-0.1, -0.05) is 59.2 Å². The molecule has 0 bridgehead atoms. The van der Waals surface area contributed by atoms with Crippen LogP contribution in [0.15, 0.2) is 65.4 Å². The Bertz CT molecular complexity index is 1280. The molecule has 7 heteroatoms. The standard InChI is InChI=1S/C24H21ClN4O2/c1-15-22(23(27-31-15)19-9-5-6-10-21(19)25)24(30)29-13-16-7-3-4-8-18(16)20(14-29)17-11-26-28(2)12-17/h3-12,20H,13-14H2,1-2H3. The minimum atomic E-state index is -0.114. The van der Waals surface area contributed by atoms with Crippen LogP contribution in [0.2, 0.25) is 5.02 Å². The fraction of sp³-hybridized carbons (Fsp3) is 0.208. The number of hydrogen-bond acceptors (Lipinski definition) is 4. The Morgan fingerprint density at radius 1 is 1.16 bits per heavy atom. The predicted molar refractivity (Wildman–Crippen MR) is 118 cm³/mol. The number of amides is 1. The number of aromatic nitrogens is 3. The van der Waals surface area contributed by atoms with Crippen LogP contribution in [0, 0.1) is 6.92 Å². The molecule has 0 saturated heterocycles. The average Bonchev–Trinajstić information content (AvgIpc) is 3.38. The van der Waals surface area contributed by atoms with E-state index in [1.165, 1.54) is 5.56 Å². The summed E-state index contributed by atoms with van der Waals surface area (Å²) in [5, 5.41) is 9.03. The average molecular weight is 433 g/mol. The summed E-state index contributed by atoms with van der Waals surface area (Å²) < 4.78 is 7.22. The van der Waals surface area contributed by atoms with Gasteiger partial charge in [-0.2, -0.15) is 5.10 Å². The molecule has 1 atom stereocenters. The zero-order valence-corrected chi connectivity index (χ0v) is 18.0. The normalized spacial score (nSPS) is 15.7. The maximum atomic E-state index is 13.7. The maximum Gasteiger partial charge on any atom is 0.260 e. The monoisotopic (exact) mass is 432 g/mol. The van der Waals surface area contributed by atoms with E-state index in [-0.39, 0.29) is 11.8 Å². The van der Waals surface area contributed by atoms with Crippen LogP contribution in [-0.2, 0) is 13.6 Å². The summed E-state index contributed by atoms with van der Waals surface area (Å²) in [7, 11) is 1.90. The van der Waals surface area contributed by atoms with Gasteiger partial charge in [0.15, 0.2) is 0 Å². The van der Waals surface area contributed by atoms with E-state index in [9.17, 15) is 4.79 Å². The minimum Gasteiger partial charge on any atom is -0.360 e. The number of nitrogens with zero attached hydrogens (tertiary/aromatic N) is 4. The van der Waals surface area contributed by atoms with Crippen molar-refractivity contribution in [1.29, 1.82) is 0 Å². The van der Waals surface area contributed by atoms with Gasteiger partial charge in [-0.05, 0) is 29.7 Å². The van der Waals surface area contributed by atoms with Gasteiger partial charge in [-0.15, -0.1) is 0 Å². The molecule has 31 heavy (non-hydrogen) atoms. The quantitative estimate of drug-likeness (QED) is 0.465. The van der Waals surface area contributed by atoms with Crippen molar-refractivity contribution in [3.05, 3.63) is 94.0 Å². The third kappa shape index (κ3) is 3.43. The van der Waals surface area contributed by atoms with Crippen molar-refractivity contribution in [2.24, 2.45) is 7.05 Å². The number of benzene rings is 2. The fourth-order valence-electron chi connectivity index (χ4n) is 4.29. The van der Waals surface area contributed by atoms with E-state index in [2.05, 4.69) is 22.4 Å². The number of hydrogen-bond donors (Lipinski definition) is 0. The summed E-state index contributed by atoms with van der Waals surface area (Å²) in [4.78, 5) is 15.6. The van der Waals surface area contributed by atoms with Crippen LogP contribution in [-0.4, -0.2) is 32.3 Å². The van der Waals surface area contributed by atoms with Crippen LogP contribution in [0.3, 0.4) is 0 Å². The first-order valence-electron chi connectivity index (χ1n) is 10.1. The molecular formula is C24H21ClN4O2. The van der Waals surface area contributed by atoms with E-state index in [0.717, 1.165) is 11.1 Å². The number of aryl methyl sites for hydroxylation is 2. The second kappa shape index (κ2) is 7.71. The Kier molecular flexibility index (Phi) is 4.87. The molecule has 0 aliphatic carbocycles. The lowest BCUT2D eigenvalue weighted by Gasteiger charge is -2.34. The van der Waals surface area contributed by atoms with Crippen LogP contribution in [0.25, 0.3) is 11.3 Å². The van der Waals surface area contributed by atoms with Crippen LogP contribution < -0.4 is 0 Å². The first kappa shape index (κ1) is 19.6. The second-order valence-electron chi connectivity index (χ2n) is 7.83. The van der Waals surface area contributed by atoms with Crippen molar-refractivity contribution in [2.45, 2.75) is 19.4 Å². The van der Waals surface area contributed by atoms with Gasteiger partial charge >= 0.3 is 0 Å². The Morgan fingerprint density at radius 3 is 2.71 bits per heavy atom. The third-order valence-electron chi connectivity index (χ3n) is 5.81. The zero-order chi connectivity index (χ0) is 21.5. The predicted octanol–water partition coefficient (Wildman–Crippen LogP) is 4.82. The fourth-order valence-corrected chi connectivity index (χ4v) is 4.51. The summed E-state index contributed by atoms with van der Waals surface area (Å²) in [6.45, 7) is 2.84. The summed E-state index contributed by atoms with van der Waals surface area (Å²) in [5.41, 5.74) is 5.06. The first-order chi connectivity index (χ1) is 15.0. The molecule has 0 saturated carbocycles. The third-order valence-corrected chi connectivity index (χ3v) is 6.14. The van der Waals surface area contributed by atoms with Crippen LogP contribution in [0.1, 0.15) is 38.7 Å². The molecule has 0 N–H and O–H groups in total. The summed E-state index contributed by atoms with van der Waals surface area (Å²) >= 11 is 6.39. The van der Waals surface area contributed by atoms with Crippen LogP contribution in [0.4, 0.5) is 0 Å². The number of fused-ring (bicyclic) bond motifs is 1. The van der Waals surface area contributed by atoms with E-state index < -0.39 is 0 Å². The van der Waals surface area contributed by atoms with E-state index in [0.29, 0.717) is 40.7 Å². The molecule has 1 aliphatic rings. The Hall–Kier alpha value is -3.38. The van der Waals surface area contributed by atoms with Gasteiger partial charge in [0.25, 0.3) is 5.91 Å². The van der Waals surface area contributed by atoms with Gasteiger partial charge in [-0.3, -0.25) is 9.48 Å². The van der Waals surface area contributed by atoms with Gasteiger partial charge in [0.05, 0.1) is 11.2 Å². The second-order valence-corrected chi connectivity index (χ2v) is 8.23. The molecular weight excluding hydrogens is 412 g/mol. The zero-order valence-electron chi connectivity index (χ0n) is 17.2. The molecule has 5 rings (SSSR count). The lowest BCUT2D eigenvalue weighted by atomic mass is 9.85. The van der Waals surface area contributed by atoms with Gasteiger partial charge in [-0.25, -0.2) is 0 Å². The van der Waals surface area contributed by atoms with Crippen molar-refractivity contribution in [3.63, 3.8) is 0 Å². The van der Waals surface area contributed by atoms with Gasteiger partial charge < -0.3 is 9.42 Å². The van der Waals surface area contributed by atoms with Crippen LogP contribution >= 0.6 is 11.6 Å². The minimum absolute atomic E-state index is 0.0477. The molecule has 156 valence electrons. The molecule has 0 fully saturated rings. The van der Waals surface area contributed by atoms with Crippen molar-refractivity contribution < 1.29 is 9.32 Å². The highest BCUT2D eigenvalue weighted by Crippen LogP contribution is 2.36. The lowest BCUT2D eigenvalue weighted by Crippen LogP contribution is -2.38. The maximum absolute atomic E-state index is 13.7. The Morgan fingerprint density at radius 2 is 1.94 bits per heavy atom. The highest BCUT2D eigenvalue weighted by Gasteiger charge is 2.33. The highest BCUT2D eigenvalue weighted by atomic mass is 35.5. The molecule has 6 nitrogen and oxygen atoms in total. The van der Waals surface area contributed by atoms with Crippen molar-refractivity contribution in [2.75, 3.05) is 6.54 Å². The van der Waals surface area contributed by atoms with Gasteiger partial charge in [0.2, 0.25) is 0 Å². The smallest absolute Gasteiger partial charge is 0.260 e. The molecule has 1 amide bonds. The largest absolute Gasteiger partial charge is 0.360 e. The molecule has 2 aromatic carbocycles. The van der Waals surface area contributed by atoms with E-state index in [1.54, 1.807) is 17.7 Å². The molecule has 4 aromatic rings. The molecule has 0 spiro atoms. The Labute approximate surface area is 185 Å². The lowest BCUT2D eigenvalue weighted by molar-refractivity contribution is 0.0724. The highest BCUT2D eigenvalue weighted by molar-refractivity contribution is 6.33. The topological polar surface area (TPSA) is 64.2 Å².